The largest absolute Gasteiger partial charge is 0.497 e. The van der Waals surface area contributed by atoms with E-state index < -0.39 is 6.10 Å². The second-order valence-electron chi connectivity index (χ2n) is 6.97. The van der Waals surface area contributed by atoms with E-state index in [9.17, 15) is 5.11 Å². The van der Waals surface area contributed by atoms with Gasteiger partial charge >= 0.3 is 0 Å². The fraction of sp³-hybridized carbons (Fsp3) is 0.304. The van der Waals surface area contributed by atoms with Crippen LogP contribution in [0.3, 0.4) is 0 Å². The third kappa shape index (κ3) is 6.96. The molecule has 8 heteroatoms. The van der Waals surface area contributed by atoms with Gasteiger partial charge in [-0.15, -0.1) is 24.0 Å². The first-order valence-corrected chi connectivity index (χ1v) is 10.0. The van der Waals surface area contributed by atoms with E-state index in [1.54, 1.807) is 7.11 Å². The number of guanidine groups is 1. The molecule has 1 aromatic heterocycles. The van der Waals surface area contributed by atoms with Crippen molar-refractivity contribution < 1.29 is 9.84 Å². The maximum atomic E-state index is 10.5. The second-order valence-corrected chi connectivity index (χ2v) is 6.97. The maximum Gasteiger partial charge on any atom is 0.194 e. The first-order valence-electron chi connectivity index (χ1n) is 10.0. The first kappa shape index (κ1) is 24.7. The van der Waals surface area contributed by atoms with Gasteiger partial charge in [-0.1, -0.05) is 30.3 Å². The number of rotatable bonds is 8. The number of para-hydroxylation sites is 1. The summed E-state index contributed by atoms with van der Waals surface area (Å²) in [4.78, 5) is 6.64. The van der Waals surface area contributed by atoms with Gasteiger partial charge < -0.3 is 20.1 Å². The quantitative estimate of drug-likeness (QED) is 0.262. The minimum absolute atomic E-state index is 0. The fourth-order valence-corrected chi connectivity index (χ4v) is 3.11. The molecule has 1 atom stereocenters. The van der Waals surface area contributed by atoms with Gasteiger partial charge in [0, 0.05) is 31.9 Å². The third-order valence-corrected chi connectivity index (χ3v) is 4.67. The highest BCUT2D eigenvalue weighted by Gasteiger charge is 2.12. The number of aromatic nitrogens is 2. The lowest BCUT2D eigenvalue weighted by molar-refractivity contribution is 0.186. The van der Waals surface area contributed by atoms with Crippen molar-refractivity contribution in [3.8, 4) is 11.4 Å². The number of ether oxygens (including phenoxy) is 1. The molecule has 0 aliphatic rings. The Morgan fingerprint density at radius 3 is 2.71 bits per heavy atom. The number of aliphatic hydroxyl groups excluding tert-OH is 1. The van der Waals surface area contributed by atoms with Crippen molar-refractivity contribution in [1.82, 2.24) is 20.0 Å². The standard InChI is InChI=1S/C23H29N5O2.HI/c1-4-24-23(25-15-22(29)19-9-8-12-21(13-19)30-3)27(2)16-18-14-26-28(17-18)20-10-6-5-7-11-20;/h5-14,17,22,29H,4,15-16H2,1-3H3,(H,24,25);1H. The van der Waals surface area contributed by atoms with Crippen LogP contribution in [0.1, 0.15) is 24.2 Å². The molecule has 0 radical (unpaired) electrons. The third-order valence-electron chi connectivity index (χ3n) is 4.67. The average molecular weight is 535 g/mol. The molecule has 0 aliphatic carbocycles. The smallest absolute Gasteiger partial charge is 0.194 e. The minimum atomic E-state index is -0.706. The number of hydrogen-bond donors (Lipinski definition) is 2. The molecule has 0 saturated heterocycles. The minimum Gasteiger partial charge on any atom is -0.497 e. The molecule has 2 aromatic carbocycles. The molecule has 0 saturated carbocycles. The van der Waals surface area contributed by atoms with E-state index in [0.717, 1.165) is 35.1 Å². The SMILES string of the molecule is CCNC(=NCC(O)c1cccc(OC)c1)N(C)Cc1cnn(-c2ccccc2)c1.I. The van der Waals surface area contributed by atoms with Crippen molar-refractivity contribution >= 4 is 29.9 Å². The van der Waals surface area contributed by atoms with Crippen LogP contribution in [0.15, 0.2) is 72.0 Å². The summed E-state index contributed by atoms with van der Waals surface area (Å²) in [6.07, 6.45) is 3.17. The molecular formula is C23H30IN5O2. The zero-order valence-electron chi connectivity index (χ0n) is 18.1. The Morgan fingerprint density at radius 2 is 2.00 bits per heavy atom. The number of benzene rings is 2. The molecule has 0 fully saturated rings. The molecule has 3 rings (SSSR count). The van der Waals surface area contributed by atoms with Gasteiger partial charge in [0.2, 0.25) is 0 Å². The van der Waals surface area contributed by atoms with Crippen LogP contribution in [0.25, 0.3) is 5.69 Å². The van der Waals surface area contributed by atoms with Gasteiger partial charge in [-0.2, -0.15) is 5.10 Å². The van der Waals surface area contributed by atoms with Crippen molar-refractivity contribution in [2.75, 3.05) is 27.2 Å². The molecule has 0 amide bonds. The van der Waals surface area contributed by atoms with Crippen LogP contribution in [-0.2, 0) is 6.54 Å². The van der Waals surface area contributed by atoms with Crippen LogP contribution >= 0.6 is 24.0 Å². The number of hydrogen-bond acceptors (Lipinski definition) is 4. The molecule has 1 unspecified atom stereocenters. The predicted octanol–water partition coefficient (Wildman–Crippen LogP) is 3.63. The first-order chi connectivity index (χ1) is 14.6. The summed E-state index contributed by atoms with van der Waals surface area (Å²) in [7, 11) is 3.58. The molecule has 7 nitrogen and oxygen atoms in total. The van der Waals surface area contributed by atoms with E-state index >= 15 is 0 Å². The highest BCUT2D eigenvalue weighted by atomic mass is 127. The molecular weight excluding hydrogens is 505 g/mol. The second kappa shape index (κ2) is 12.3. The number of methoxy groups -OCH3 is 1. The molecule has 3 aromatic rings. The van der Waals surface area contributed by atoms with Crippen molar-refractivity contribution in [3.63, 3.8) is 0 Å². The molecule has 0 spiro atoms. The van der Waals surface area contributed by atoms with E-state index in [2.05, 4.69) is 15.4 Å². The Balaban J connectivity index is 0.00000341. The molecule has 1 heterocycles. The Morgan fingerprint density at radius 1 is 1.23 bits per heavy atom. The molecule has 166 valence electrons. The van der Waals surface area contributed by atoms with Gasteiger partial charge in [-0.05, 0) is 36.8 Å². The Hall–Kier alpha value is -2.59. The lowest BCUT2D eigenvalue weighted by atomic mass is 10.1. The Kier molecular flexibility index (Phi) is 9.80. The van der Waals surface area contributed by atoms with Crippen LogP contribution in [0.4, 0.5) is 0 Å². The van der Waals surface area contributed by atoms with Crippen molar-refractivity contribution in [2.45, 2.75) is 19.6 Å². The van der Waals surface area contributed by atoms with Gasteiger partial charge in [0.25, 0.3) is 0 Å². The summed E-state index contributed by atoms with van der Waals surface area (Å²) in [5.41, 5.74) is 2.87. The van der Waals surface area contributed by atoms with Crippen LogP contribution in [0.5, 0.6) is 5.75 Å². The summed E-state index contributed by atoms with van der Waals surface area (Å²) >= 11 is 0. The van der Waals surface area contributed by atoms with Crippen LogP contribution < -0.4 is 10.1 Å². The average Bonchev–Trinajstić information content (AvgIpc) is 3.25. The van der Waals surface area contributed by atoms with E-state index in [1.165, 1.54) is 0 Å². The molecule has 0 bridgehead atoms. The van der Waals surface area contributed by atoms with Gasteiger partial charge in [0.1, 0.15) is 5.75 Å². The van der Waals surface area contributed by atoms with E-state index in [0.29, 0.717) is 6.54 Å². The summed E-state index contributed by atoms with van der Waals surface area (Å²) in [6, 6.07) is 17.4. The van der Waals surface area contributed by atoms with Gasteiger partial charge in [0.15, 0.2) is 5.96 Å². The van der Waals surface area contributed by atoms with Crippen LogP contribution in [0.2, 0.25) is 0 Å². The van der Waals surface area contributed by atoms with Crippen molar-refractivity contribution in [3.05, 3.63) is 78.1 Å². The lowest BCUT2D eigenvalue weighted by Gasteiger charge is -2.22. The fourth-order valence-electron chi connectivity index (χ4n) is 3.11. The summed E-state index contributed by atoms with van der Waals surface area (Å²) in [5.74, 6) is 1.45. The van der Waals surface area contributed by atoms with E-state index in [1.807, 2.05) is 90.5 Å². The van der Waals surface area contributed by atoms with Gasteiger partial charge in [0.05, 0.1) is 31.6 Å². The molecule has 2 N–H and O–H groups in total. The zero-order valence-corrected chi connectivity index (χ0v) is 20.4. The van der Waals surface area contributed by atoms with Crippen LogP contribution in [0, 0.1) is 0 Å². The number of aliphatic hydroxyl groups is 1. The van der Waals surface area contributed by atoms with Crippen molar-refractivity contribution in [1.29, 1.82) is 0 Å². The lowest BCUT2D eigenvalue weighted by Crippen LogP contribution is -2.38. The summed E-state index contributed by atoms with van der Waals surface area (Å²) in [6.45, 7) is 3.66. The number of aliphatic imine (C=N–C) groups is 1. The van der Waals surface area contributed by atoms with E-state index in [-0.39, 0.29) is 30.5 Å². The number of nitrogens with zero attached hydrogens (tertiary/aromatic N) is 4. The predicted molar refractivity (Wildman–Crippen MR) is 134 cm³/mol. The normalized spacial score (nSPS) is 12.1. The van der Waals surface area contributed by atoms with Gasteiger partial charge in [-0.25, -0.2) is 4.68 Å². The monoisotopic (exact) mass is 535 g/mol. The maximum absolute atomic E-state index is 10.5. The summed E-state index contributed by atoms with van der Waals surface area (Å²) < 4.78 is 7.09. The van der Waals surface area contributed by atoms with Gasteiger partial charge in [-0.3, -0.25) is 4.99 Å². The Bertz CT molecular complexity index is 961. The van der Waals surface area contributed by atoms with Crippen LogP contribution in [-0.4, -0.2) is 53.0 Å². The zero-order chi connectivity index (χ0) is 21.3. The topological polar surface area (TPSA) is 74.9 Å². The molecule has 31 heavy (non-hydrogen) atoms. The highest BCUT2D eigenvalue weighted by Crippen LogP contribution is 2.19. The number of halogens is 1. The highest BCUT2D eigenvalue weighted by molar-refractivity contribution is 14.0. The van der Waals surface area contributed by atoms with E-state index in [4.69, 9.17) is 4.74 Å². The Labute approximate surface area is 200 Å². The summed E-state index contributed by atoms with van der Waals surface area (Å²) in [5, 5.41) is 18.3. The van der Waals surface area contributed by atoms with Crippen molar-refractivity contribution in [2.24, 2.45) is 4.99 Å². The molecule has 0 aliphatic heterocycles. The number of nitrogens with one attached hydrogen (secondary N) is 1.